The first-order valence-corrected chi connectivity index (χ1v) is 8.21. The van der Waals surface area contributed by atoms with E-state index >= 15 is 0 Å². The number of hydrogen-bond acceptors (Lipinski definition) is 5. The number of aliphatic hydroxyl groups excluding tert-OH is 1. The van der Waals surface area contributed by atoms with Gasteiger partial charge in [-0.3, -0.25) is 4.79 Å². The number of nitrogens with one attached hydrogen (secondary N) is 1. The zero-order valence-electron chi connectivity index (χ0n) is 11.1. The fourth-order valence-corrected chi connectivity index (χ4v) is 3.38. The Bertz CT molecular complexity index is 557. The van der Waals surface area contributed by atoms with E-state index in [0.717, 1.165) is 17.0 Å². The highest BCUT2D eigenvalue weighted by molar-refractivity contribution is 7.98. The van der Waals surface area contributed by atoms with E-state index in [1.165, 1.54) is 18.3 Å². The van der Waals surface area contributed by atoms with Crippen LogP contribution in [-0.4, -0.2) is 21.8 Å². The van der Waals surface area contributed by atoms with Crippen LogP contribution in [0, 0.1) is 0 Å². The summed E-state index contributed by atoms with van der Waals surface area (Å²) in [5.41, 5.74) is 1.85. The van der Waals surface area contributed by atoms with Crippen LogP contribution >= 0.6 is 23.1 Å². The van der Waals surface area contributed by atoms with Crippen molar-refractivity contribution in [2.45, 2.75) is 18.8 Å². The van der Waals surface area contributed by atoms with Gasteiger partial charge in [0.15, 0.2) is 5.13 Å². The summed E-state index contributed by atoms with van der Waals surface area (Å²) in [6.45, 7) is 1.46. The second-order valence-electron chi connectivity index (χ2n) is 4.27. The van der Waals surface area contributed by atoms with Crippen molar-refractivity contribution in [3.63, 3.8) is 0 Å². The van der Waals surface area contributed by atoms with E-state index in [9.17, 15) is 9.90 Å². The maximum atomic E-state index is 10.9. The van der Waals surface area contributed by atoms with Gasteiger partial charge in [-0.1, -0.05) is 30.3 Å². The van der Waals surface area contributed by atoms with Crippen LogP contribution < -0.4 is 5.32 Å². The van der Waals surface area contributed by atoms with Gasteiger partial charge in [0.05, 0.1) is 11.8 Å². The molecule has 2 N–H and O–H groups in total. The number of benzene rings is 1. The predicted octanol–water partition coefficient (Wildman–Crippen LogP) is 3.07. The van der Waals surface area contributed by atoms with Gasteiger partial charge in [0.25, 0.3) is 0 Å². The number of carbonyl (C=O) groups is 1. The lowest BCUT2D eigenvalue weighted by molar-refractivity contribution is -0.114. The smallest absolute Gasteiger partial charge is 0.223 e. The maximum Gasteiger partial charge on any atom is 0.223 e. The molecule has 1 heterocycles. The van der Waals surface area contributed by atoms with E-state index in [1.54, 1.807) is 11.8 Å². The molecule has 6 heteroatoms. The van der Waals surface area contributed by atoms with Crippen LogP contribution in [-0.2, 0) is 10.5 Å². The Kier molecular flexibility index (Phi) is 5.58. The Morgan fingerprint density at radius 3 is 2.90 bits per heavy atom. The average molecular weight is 308 g/mol. The van der Waals surface area contributed by atoms with Gasteiger partial charge in [-0.2, -0.15) is 11.8 Å². The topological polar surface area (TPSA) is 62.2 Å². The highest BCUT2D eigenvalue weighted by Gasteiger charge is 2.08. The van der Waals surface area contributed by atoms with Crippen LogP contribution in [0.5, 0.6) is 0 Å². The molecule has 0 saturated heterocycles. The molecule has 0 saturated carbocycles. The summed E-state index contributed by atoms with van der Waals surface area (Å²) in [5, 5.41) is 15.2. The number of thioether (sulfide) groups is 1. The molecule has 0 spiro atoms. The van der Waals surface area contributed by atoms with E-state index < -0.39 is 6.10 Å². The van der Waals surface area contributed by atoms with Crippen LogP contribution in [0.25, 0.3) is 0 Å². The van der Waals surface area contributed by atoms with Gasteiger partial charge in [-0.25, -0.2) is 4.98 Å². The molecule has 0 aliphatic carbocycles. The number of anilines is 1. The van der Waals surface area contributed by atoms with Crippen molar-refractivity contribution < 1.29 is 9.90 Å². The summed E-state index contributed by atoms with van der Waals surface area (Å²) in [7, 11) is 0. The van der Waals surface area contributed by atoms with Crippen LogP contribution in [0.3, 0.4) is 0 Å². The summed E-state index contributed by atoms with van der Waals surface area (Å²) in [5.74, 6) is 1.23. The van der Waals surface area contributed by atoms with Crippen LogP contribution in [0.1, 0.15) is 24.3 Å². The highest BCUT2D eigenvalue weighted by Crippen LogP contribution is 2.23. The second kappa shape index (κ2) is 7.42. The molecule has 2 aromatic rings. The number of aromatic nitrogens is 1. The fourth-order valence-electron chi connectivity index (χ4n) is 1.63. The van der Waals surface area contributed by atoms with Gasteiger partial charge < -0.3 is 10.4 Å². The molecule has 0 aliphatic rings. The van der Waals surface area contributed by atoms with Gasteiger partial charge in [-0.15, -0.1) is 11.3 Å². The maximum absolute atomic E-state index is 10.9. The van der Waals surface area contributed by atoms with Crippen LogP contribution in [0.2, 0.25) is 0 Å². The lowest BCUT2D eigenvalue weighted by atomic mass is 10.1. The third kappa shape index (κ3) is 4.63. The molecule has 1 atom stereocenters. The quantitative estimate of drug-likeness (QED) is 0.861. The normalized spacial score (nSPS) is 12.1. The summed E-state index contributed by atoms with van der Waals surface area (Å²) in [6.07, 6.45) is -0.463. The molecule has 0 bridgehead atoms. The number of rotatable bonds is 6. The first-order chi connectivity index (χ1) is 9.65. The molecule has 1 amide bonds. The van der Waals surface area contributed by atoms with Crippen molar-refractivity contribution in [1.82, 2.24) is 4.98 Å². The minimum atomic E-state index is -0.463. The van der Waals surface area contributed by atoms with Crippen molar-refractivity contribution >= 4 is 34.1 Å². The van der Waals surface area contributed by atoms with Gasteiger partial charge in [0.2, 0.25) is 5.91 Å². The van der Waals surface area contributed by atoms with Crippen molar-refractivity contribution in [3.8, 4) is 0 Å². The molecular weight excluding hydrogens is 292 g/mol. The zero-order chi connectivity index (χ0) is 14.4. The molecule has 0 unspecified atom stereocenters. The summed E-state index contributed by atoms with van der Waals surface area (Å²) in [4.78, 5) is 15.2. The minimum Gasteiger partial charge on any atom is -0.388 e. The molecule has 2 rings (SSSR count). The number of aliphatic hydroxyl groups is 1. The largest absolute Gasteiger partial charge is 0.388 e. The lowest BCUT2D eigenvalue weighted by Gasteiger charge is -2.09. The first kappa shape index (κ1) is 15.0. The molecule has 4 nitrogen and oxygen atoms in total. The van der Waals surface area contributed by atoms with E-state index in [2.05, 4.69) is 10.3 Å². The fraction of sp³-hybridized carbons (Fsp3) is 0.286. The molecule has 1 aromatic carbocycles. The monoisotopic (exact) mass is 308 g/mol. The number of carbonyl (C=O) groups excluding carboxylic acids is 1. The van der Waals surface area contributed by atoms with Crippen molar-refractivity contribution in [2.75, 3.05) is 11.1 Å². The number of thiazole rings is 1. The first-order valence-electron chi connectivity index (χ1n) is 6.18. The molecule has 1 aromatic heterocycles. The molecule has 20 heavy (non-hydrogen) atoms. The summed E-state index contributed by atoms with van der Waals surface area (Å²) < 4.78 is 0. The Labute approximate surface area is 126 Å². The molecule has 106 valence electrons. The van der Waals surface area contributed by atoms with Crippen LogP contribution in [0.4, 0.5) is 5.13 Å². The standard InChI is InChI=1S/C14H16N2O2S2/c1-10(17)15-14-16-12(8-20-14)7-19-9-13(18)11-5-3-2-4-6-11/h2-6,8,13,18H,7,9H2,1H3,(H,15,16,17)/t13-/m1/s1. The van der Waals surface area contributed by atoms with Crippen LogP contribution in [0.15, 0.2) is 35.7 Å². The predicted molar refractivity (Wildman–Crippen MR) is 84.0 cm³/mol. The molecule has 0 radical (unpaired) electrons. The third-order valence-electron chi connectivity index (χ3n) is 2.54. The average Bonchev–Trinajstić information content (AvgIpc) is 2.86. The Morgan fingerprint density at radius 1 is 1.45 bits per heavy atom. The van der Waals surface area contributed by atoms with Gasteiger partial charge in [0, 0.05) is 23.8 Å². The number of hydrogen-bond donors (Lipinski definition) is 2. The second-order valence-corrected chi connectivity index (χ2v) is 6.16. The van der Waals surface area contributed by atoms with Gasteiger partial charge in [0.1, 0.15) is 0 Å². The zero-order valence-corrected chi connectivity index (χ0v) is 12.7. The van der Waals surface area contributed by atoms with Gasteiger partial charge in [-0.05, 0) is 5.56 Å². The number of amides is 1. The Hall–Kier alpha value is -1.37. The summed E-state index contributed by atoms with van der Waals surface area (Å²) >= 11 is 3.04. The van der Waals surface area contributed by atoms with E-state index in [-0.39, 0.29) is 5.91 Å². The Balaban J connectivity index is 1.78. The molecular formula is C14H16N2O2S2. The van der Waals surface area contributed by atoms with Crippen molar-refractivity contribution in [1.29, 1.82) is 0 Å². The van der Waals surface area contributed by atoms with E-state index in [1.807, 2.05) is 35.7 Å². The molecule has 0 fully saturated rings. The molecule has 0 aliphatic heterocycles. The summed E-state index contributed by atoms with van der Waals surface area (Å²) in [6, 6.07) is 9.61. The lowest BCUT2D eigenvalue weighted by Crippen LogP contribution is -2.05. The number of nitrogens with zero attached hydrogens (tertiary/aromatic N) is 1. The Morgan fingerprint density at radius 2 is 2.20 bits per heavy atom. The van der Waals surface area contributed by atoms with Crippen molar-refractivity contribution in [3.05, 3.63) is 47.0 Å². The van der Waals surface area contributed by atoms with Crippen molar-refractivity contribution in [2.24, 2.45) is 0 Å². The third-order valence-corrected chi connectivity index (χ3v) is 4.40. The SMILES string of the molecule is CC(=O)Nc1nc(CSC[C@@H](O)c2ccccc2)cs1. The minimum absolute atomic E-state index is 0.113. The van der Waals surface area contributed by atoms with Gasteiger partial charge >= 0.3 is 0 Å². The van der Waals surface area contributed by atoms with E-state index in [4.69, 9.17) is 0 Å². The van der Waals surface area contributed by atoms with E-state index in [0.29, 0.717) is 10.9 Å². The highest BCUT2D eigenvalue weighted by atomic mass is 32.2.